The molecule has 1 aromatic heterocycles. The molecule has 0 unspecified atom stereocenters. The number of hydrogen-bond donors (Lipinski definition) is 2. The van der Waals surface area contributed by atoms with Gasteiger partial charge in [0.05, 0.1) is 6.10 Å². The molecule has 2 atom stereocenters. The van der Waals surface area contributed by atoms with Crippen LogP contribution in [-0.4, -0.2) is 44.2 Å². The number of amides is 1. The molecular formula is C17H21N3O2S. The van der Waals surface area contributed by atoms with Crippen molar-refractivity contribution in [3.63, 3.8) is 0 Å². The van der Waals surface area contributed by atoms with Crippen LogP contribution < -0.4 is 0 Å². The van der Waals surface area contributed by atoms with Crippen LogP contribution in [0.25, 0.3) is 5.69 Å². The summed E-state index contributed by atoms with van der Waals surface area (Å²) < 4.78 is 2.28. The molecule has 23 heavy (non-hydrogen) atoms. The van der Waals surface area contributed by atoms with Gasteiger partial charge < -0.3 is 15.0 Å². The number of aromatic amines is 1. The first-order valence-electron chi connectivity index (χ1n) is 7.93. The Morgan fingerprint density at radius 1 is 1.43 bits per heavy atom. The van der Waals surface area contributed by atoms with Crippen molar-refractivity contribution < 1.29 is 9.90 Å². The van der Waals surface area contributed by atoms with Crippen LogP contribution in [0.15, 0.2) is 36.5 Å². The van der Waals surface area contributed by atoms with Crippen LogP contribution in [0.4, 0.5) is 0 Å². The smallest absolute Gasteiger partial charge is 0.272 e. The van der Waals surface area contributed by atoms with E-state index in [4.69, 9.17) is 12.2 Å². The second kappa shape index (κ2) is 6.68. The Labute approximate surface area is 140 Å². The summed E-state index contributed by atoms with van der Waals surface area (Å²) in [7, 11) is 0. The number of para-hydroxylation sites is 1. The van der Waals surface area contributed by atoms with Crippen LogP contribution in [0.2, 0.25) is 0 Å². The summed E-state index contributed by atoms with van der Waals surface area (Å²) in [5, 5.41) is 9.65. The quantitative estimate of drug-likeness (QED) is 0.847. The summed E-state index contributed by atoms with van der Waals surface area (Å²) in [5.41, 5.74) is 1.41. The largest absolute Gasteiger partial charge is 0.393 e. The van der Waals surface area contributed by atoms with E-state index >= 15 is 0 Å². The standard InChI is InChI=1S/C17H21N3O2S/c1-12(21)10-14-8-5-9-19(14)16(22)15-11-18-17(23)20(15)13-6-3-2-4-7-13/h2-4,6-7,11-12,14,21H,5,8-10H2,1H3,(H,18,23)/t12-,14+/m1/s1. The van der Waals surface area contributed by atoms with E-state index in [1.807, 2.05) is 35.2 Å². The number of carbonyl (C=O) groups excluding carboxylic acids is 1. The molecule has 2 N–H and O–H groups in total. The number of H-pyrrole nitrogens is 1. The number of nitrogens with zero attached hydrogens (tertiary/aromatic N) is 2. The lowest BCUT2D eigenvalue weighted by Gasteiger charge is -2.26. The van der Waals surface area contributed by atoms with Gasteiger partial charge in [-0.25, -0.2) is 0 Å². The SMILES string of the molecule is C[C@@H](O)C[C@@H]1CCCN1C(=O)c1c[nH]c(=S)n1-c1ccccc1. The average molecular weight is 331 g/mol. The highest BCUT2D eigenvalue weighted by molar-refractivity contribution is 7.71. The van der Waals surface area contributed by atoms with Crippen molar-refractivity contribution in [2.75, 3.05) is 6.54 Å². The van der Waals surface area contributed by atoms with Crippen molar-refractivity contribution in [2.45, 2.75) is 38.3 Å². The fourth-order valence-electron chi connectivity index (χ4n) is 3.25. The third-order valence-electron chi connectivity index (χ3n) is 4.26. The van der Waals surface area contributed by atoms with Gasteiger partial charge in [-0.05, 0) is 50.5 Å². The van der Waals surface area contributed by atoms with E-state index in [2.05, 4.69) is 4.98 Å². The van der Waals surface area contributed by atoms with Gasteiger partial charge in [-0.3, -0.25) is 9.36 Å². The van der Waals surface area contributed by atoms with Crippen LogP contribution in [-0.2, 0) is 0 Å². The minimum atomic E-state index is -0.407. The van der Waals surface area contributed by atoms with Gasteiger partial charge in [0.15, 0.2) is 4.77 Å². The number of benzene rings is 1. The highest BCUT2D eigenvalue weighted by Crippen LogP contribution is 2.24. The van der Waals surface area contributed by atoms with E-state index in [1.54, 1.807) is 17.7 Å². The lowest BCUT2D eigenvalue weighted by molar-refractivity contribution is 0.0674. The molecule has 2 aromatic rings. The minimum absolute atomic E-state index is 0.0376. The molecule has 5 nitrogen and oxygen atoms in total. The van der Waals surface area contributed by atoms with Crippen molar-refractivity contribution in [1.82, 2.24) is 14.5 Å². The van der Waals surface area contributed by atoms with Crippen molar-refractivity contribution in [2.24, 2.45) is 0 Å². The third-order valence-corrected chi connectivity index (χ3v) is 4.56. The summed E-state index contributed by atoms with van der Waals surface area (Å²) in [5.74, 6) is -0.0376. The van der Waals surface area contributed by atoms with Gasteiger partial charge in [0.2, 0.25) is 0 Å². The molecule has 1 amide bonds. The van der Waals surface area contributed by atoms with Crippen molar-refractivity contribution in [3.8, 4) is 5.69 Å². The fourth-order valence-corrected chi connectivity index (χ4v) is 3.51. The molecule has 2 heterocycles. The molecule has 0 spiro atoms. The third kappa shape index (κ3) is 3.23. The van der Waals surface area contributed by atoms with Crippen LogP contribution in [0.3, 0.4) is 0 Å². The second-order valence-corrected chi connectivity index (χ2v) is 6.42. The van der Waals surface area contributed by atoms with Crippen molar-refractivity contribution >= 4 is 18.1 Å². The number of likely N-dealkylation sites (tertiary alicyclic amines) is 1. The molecule has 1 aromatic carbocycles. The van der Waals surface area contributed by atoms with E-state index in [-0.39, 0.29) is 11.9 Å². The molecule has 1 saturated heterocycles. The lowest BCUT2D eigenvalue weighted by Crippen LogP contribution is -2.38. The highest BCUT2D eigenvalue weighted by Gasteiger charge is 2.31. The molecule has 122 valence electrons. The van der Waals surface area contributed by atoms with E-state index in [1.165, 1.54) is 0 Å². The first kappa shape index (κ1) is 16.0. The molecule has 0 aliphatic carbocycles. The summed E-state index contributed by atoms with van der Waals surface area (Å²) in [4.78, 5) is 17.8. The lowest BCUT2D eigenvalue weighted by atomic mass is 10.1. The van der Waals surface area contributed by atoms with Crippen molar-refractivity contribution in [3.05, 3.63) is 47.0 Å². The highest BCUT2D eigenvalue weighted by atomic mass is 32.1. The Kier molecular flexibility index (Phi) is 4.63. The molecule has 0 radical (unpaired) electrons. The van der Waals surface area contributed by atoms with E-state index in [0.717, 1.165) is 25.1 Å². The molecule has 1 aliphatic rings. The molecule has 1 aliphatic heterocycles. The predicted molar refractivity (Wildman–Crippen MR) is 91.3 cm³/mol. The topological polar surface area (TPSA) is 61.3 Å². The number of aliphatic hydroxyl groups is 1. The normalized spacial score (nSPS) is 19.0. The monoisotopic (exact) mass is 331 g/mol. The first-order chi connectivity index (χ1) is 11.1. The zero-order chi connectivity index (χ0) is 16.4. The maximum Gasteiger partial charge on any atom is 0.272 e. The number of rotatable bonds is 4. The molecule has 0 bridgehead atoms. The summed E-state index contributed by atoms with van der Waals surface area (Å²) in [6.07, 6.45) is 3.79. The number of aliphatic hydroxyl groups excluding tert-OH is 1. The number of nitrogens with one attached hydrogen (secondary N) is 1. The van der Waals surface area contributed by atoms with Gasteiger partial charge in [0.1, 0.15) is 5.69 Å². The Morgan fingerprint density at radius 2 is 2.17 bits per heavy atom. The Hall–Kier alpha value is -1.92. The number of hydrogen-bond acceptors (Lipinski definition) is 3. The number of carbonyl (C=O) groups is 1. The fraction of sp³-hybridized carbons (Fsp3) is 0.412. The Morgan fingerprint density at radius 3 is 2.87 bits per heavy atom. The van der Waals surface area contributed by atoms with E-state index in [0.29, 0.717) is 16.9 Å². The number of imidazole rings is 1. The van der Waals surface area contributed by atoms with E-state index in [9.17, 15) is 9.90 Å². The zero-order valence-corrected chi connectivity index (χ0v) is 13.9. The summed E-state index contributed by atoms with van der Waals surface area (Å²) in [6.45, 7) is 2.49. The Balaban J connectivity index is 1.93. The zero-order valence-electron chi connectivity index (χ0n) is 13.1. The molecule has 6 heteroatoms. The van der Waals surface area contributed by atoms with E-state index < -0.39 is 6.10 Å². The van der Waals surface area contributed by atoms with Gasteiger partial charge in [-0.2, -0.15) is 0 Å². The van der Waals surface area contributed by atoms with Crippen LogP contribution >= 0.6 is 12.2 Å². The number of aromatic nitrogens is 2. The predicted octanol–water partition coefficient (Wildman–Crippen LogP) is 2.91. The van der Waals surface area contributed by atoms with Gasteiger partial charge in [0.25, 0.3) is 5.91 Å². The molecule has 3 rings (SSSR count). The average Bonchev–Trinajstić information content (AvgIpc) is 3.13. The van der Waals surface area contributed by atoms with Crippen LogP contribution in [0, 0.1) is 4.77 Å². The maximum absolute atomic E-state index is 13.0. The van der Waals surface area contributed by atoms with Gasteiger partial charge in [-0.15, -0.1) is 0 Å². The summed E-state index contributed by atoms with van der Waals surface area (Å²) in [6, 6.07) is 9.72. The first-order valence-corrected chi connectivity index (χ1v) is 8.33. The van der Waals surface area contributed by atoms with Gasteiger partial charge in [-0.1, -0.05) is 18.2 Å². The minimum Gasteiger partial charge on any atom is -0.393 e. The van der Waals surface area contributed by atoms with Gasteiger partial charge in [0, 0.05) is 24.5 Å². The Bertz CT molecular complexity index is 736. The molecule has 0 saturated carbocycles. The van der Waals surface area contributed by atoms with Crippen LogP contribution in [0.1, 0.15) is 36.7 Å². The summed E-state index contributed by atoms with van der Waals surface area (Å²) >= 11 is 5.34. The molecule has 1 fully saturated rings. The van der Waals surface area contributed by atoms with Crippen molar-refractivity contribution in [1.29, 1.82) is 0 Å². The second-order valence-electron chi connectivity index (χ2n) is 6.03. The van der Waals surface area contributed by atoms with Gasteiger partial charge >= 0.3 is 0 Å². The van der Waals surface area contributed by atoms with Crippen LogP contribution in [0.5, 0.6) is 0 Å². The molecular weight excluding hydrogens is 310 g/mol. The maximum atomic E-state index is 13.0.